The van der Waals surface area contributed by atoms with E-state index in [1.165, 1.54) is 4.90 Å². The Morgan fingerprint density at radius 3 is 2.72 bits per heavy atom. The van der Waals surface area contributed by atoms with Gasteiger partial charge < -0.3 is 9.80 Å². The SMILES string of the molecule is CN(C)C(=O)C1CCCN1C(=O)c1nnc(Cl)s1. The summed E-state index contributed by atoms with van der Waals surface area (Å²) in [7, 11) is 3.37. The molecule has 1 aliphatic rings. The molecule has 0 aromatic carbocycles. The number of amides is 2. The number of nitrogens with zero attached hydrogens (tertiary/aromatic N) is 4. The lowest BCUT2D eigenvalue weighted by Gasteiger charge is -2.25. The third-order valence-corrected chi connectivity index (χ3v) is 3.83. The average Bonchev–Trinajstić information content (AvgIpc) is 2.95. The van der Waals surface area contributed by atoms with E-state index in [-0.39, 0.29) is 21.3 Å². The molecule has 0 saturated carbocycles. The Morgan fingerprint density at radius 1 is 1.44 bits per heavy atom. The molecule has 1 aromatic rings. The van der Waals surface area contributed by atoms with Crippen molar-refractivity contribution in [3.63, 3.8) is 0 Å². The Labute approximate surface area is 114 Å². The first-order valence-corrected chi connectivity index (χ1v) is 6.71. The Bertz CT molecular complexity index is 476. The van der Waals surface area contributed by atoms with Crippen LogP contribution in [-0.2, 0) is 4.79 Å². The predicted molar refractivity (Wildman–Crippen MR) is 67.7 cm³/mol. The van der Waals surface area contributed by atoms with Crippen LogP contribution in [0.1, 0.15) is 22.6 Å². The van der Waals surface area contributed by atoms with Crippen LogP contribution < -0.4 is 0 Å². The van der Waals surface area contributed by atoms with E-state index in [0.717, 1.165) is 17.8 Å². The lowest BCUT2D eigenvalue weighted by molar-refractivity contribution is -0.132. The molecular formula is C10H13ClN4O2S. The monoisotopic (exact) mass is 288 g/mol. The molecule has 0 spiro atoms. The normalized spacial score (nSPS) is 19.1. The topological polar surface area (TPSA) is 66.4 Å². The number of hydrogen-bond donors (Lipinski definition) is 0. The van der Waals surface area contributed by atoms with Gasteiger partial charge in [-0.15, -0.1) is 10.2 Å². The molecule has 1 atom stereocenters. The van der Waals surface area contributed by atoms with Crippen molar-refractivity contribution in [2.75, 3.05) is 20.6 Å². The minimum atomic E-state index is -0.393. The summed E-state index contributed by atoms with van der Waals surface area (Å²) in [4.78, 5) is 27.2. The number of halogens is 1. The molecule has 0 bridgehead atoms. The zero-order valence-electron chi connectivity index (χ0n) is 10.1. The van der Waals surface area contributed by atoms with Crippen molar-refractivity contribution in [1.82, 2.24) is 20.0 Å². The Balaban J connectivity index is 2.17. The van der Waals surface area contributed by atoms with Crippen LogP contribution in [0.25, 0.3) is 0 Å². The third-order valence-electron chi connectivity index (χ3n) is 2.82. The second-order valence-corrected chi connectivity index (χ2v) is 5.81. The molecule has 2 rings (SSSR count). The second kappa shape index (κ2) is 5.19. The van der Waals surface area contributed by atoms with Crippen LogP contribution in [0, 0.1) is 0 Å². The van der Waals surface area contributed by atoms with Crippen molar-refractivity contribution in [2.45, 2.75) is 18.9 Å². The van der Waals surface area contributed by atoms with Gasteiger partial charge in [-0.05, 0) is 24.4 Å². The number of likely N-dealkylation sites (N-methyl/N-ethyl adjacent to an activating group) is 1. The van der Waals surface area contributed by atoms with Crippen LogP contribution in [0.3, 0.4) is 0 Å². The molecule has 1 saturated heterocycles. The standard InChI is InChI=1S/C10H13ClN4O2S/c1-14(2)8(16)6-4-3-5-15(6)9(17)7-12-13-10(11)18-7/h6H,3-5H2,1-2H3. The maximum absolute atomic E-state index is 12.2. The average molecular weight is 289 g/mol. The van der Waals surface area contributed by atoms with Gasteiger partial charge in [0.1, 0.15) is 6.04 Å². The van der Waals surface area contributed by atoms with Crippen LogP contribution in [0.15, 0.2) is 0 Å². The van der Waals surface area contributed by atoms with Gasteiger partial charge in [0.05, 0.1) is 0 Å². The van der Waals surface area contributed by atoms with E-state index in [1.807, 2.05) is 0 Å². The van der Waals surface area contributed by atoms with Crippen LogP contribution >= 0.6 is 22.9 Å². The largest absolute Gasteiger partial charge is 0.347 e. The molecule has 0 N–H and O–H groups in total. The van der Waals surface area contributed by atoms with Crippen molar-refractivity contribution < 1.29 is 9.59 Å². The summed E-state index contributed by atoms with van der Waals surface area (Å²) in [5.74, 6) is -0.325. The fourth-order valence-corrected chi connectivity index (χ4v) is 2.76. The highest BCUT2D eigenvalue weighted by Gasteiger charge is 2.36. The lowest BCUT2D eigenvalue weighted by Crippen LogP contribution is -2.45. The van der Waals surface area contributed by atoms with E-state index in [0.29, 0.717) is 13.0 Å². The summed E-state index contributed by atoms with van der Waals surface area (Å²) in [6.45, 7) is 0.570. The van der Waals surface area contributed by atoms with Gasteiger partial charge in [-0.3, -0.25) is 9.59 Å². The number of hydrogen-bond acceptors (Lipinski definition) is 5. The van der Waals surface area contributed by atoms with E-state index in [4.69, 9.17) is 11.6 Å². The maximum Gasteiger partial charge on any atom is 0.285 e. The Kier molecular flexibility index (Phi) is 3.82. The van der Waals surface area contributed by atoms with Gasteiger partial charge >= 0.3 is 0 Å². The van der Waals surface area contributed by atoms with Crippen molar-refractivity contribution >= 4 is 34.8 Å². The molecule has 1 unspecified atom stereocenters. The van der Waals surface area contributed by atoms with Crippen LogP contribution in [-0.4, -0.2) is 58.5 Å². The summed E-state index contributed by atoms with van der Waals surface area (Å²) in [6, 6.07) is -0.393. The molecular weight excluding hydrogens is 276 g/mol. The summed E-state index contributed by atoms with van der Waals surface area (Å²) >= 11 is 6.69. The van der Waals surface area contributed by atoms with E-state index < -0.39 is 6.04 Å². The van der Waals surface area contributed by atoms with E-state index in [2.05, 4.69) is 10.2 Å². The maximum atomic E-state index is 12.2. The predicted octanol–water partition coefficient (Wildman–Crippen LogP) is 0.884. The van der Waals surface area contributed by atoms with Crippen molar-refractivity contribution in [3.05, 3.63) is 9.47 Å². The van der Waals surface area contributed by atoms with Crippen molar-refractivity contribution in [1.29, 1.82) is 0 Å². The quantitative estimate of drug-likeness (QED) is 0.810. The van der Waals surface area contributed by atoms with Gasteiger partial charge in [-0.2, -0.15) is 0 Å². The number of rotatable bonds is 2. The smallest absolute Gasteiger partial charge is 0.285 e. The van der Waals surface area contributed by atoms with Crippen LogP contribution in [0.4, 0.5) is 0 Å². The fraction of sp³-hybridized carbons (Fsp3) is 0.600. The molecule has 2 heterocycles. The van der Waals surface area contributed by atoms with Gasteiger partial charge in [0.25, 0.3) is 5.91 Å². The number of aromatic nitrogens is 2. The fourth-order valence-electron chi connectivity index (χ4n) is 1.98. The van der Waals surface area contributed by atoms with E-state index >= 15 is 0 Å². The molecule has 98 valence electrons. The van der Waals surface area contributed by atoms with E-state index in [9.17, 15) is 9.59 Å². The molecule has 1 aliphatic heterocycles. The summed E-state index contributed by atoms with van der Waals surface area (Å²) in [6.07, 6.45) is 1.51. The summed E-state index contributed by atoms with van der Waals surface area (Å²) in [5.41, 5.74) is 0. The molecule has 1 fully saturated rings. The van der Waals surface area contributed by atoms with E-state index in [1.54, 1.807) is 19.0 Å². The van der Waals surface area contributed by atoms with Gasteiger partial charge in [-0.1, -0.05) is 11.3 Å². The third kappa shape index (κ3) is 2.46. The van der Waals surface area contributed by atoms with Gasteiger partial charge in [0.2, 0.25) is 15.4 Å². The highest BCUT2D eigenvalue weighted by atomic mass is 35.5. The molecule has 2 amide bonds. The first-order valence-electron chi connectivity index (χ1n) is 5.52. The zero-order valence-corrected chi connectivity index (χ0v) is 11.7. The van der Waals surface area contributed by atoms with Gasteiger partial charge in [0.15, 0.2) is 0 Å². The molecule has 0 aliphatic carbocycles. The molecule has 1 aromatic heterocycles. The first-order chi connectivity index (χ1) is 8.50. The minimum absolute atomic E-state index is 0.0588. The lowest BCUT2D eigenvalue weighted by atomic mass is 10.2. The minimum Gasteiger partial charge on any atom is -0.347 e. The zero-order chi connectivity index (χ0) is 13.3. The number of carbonyl (C=O) groups excluding carboxylic acids is 2. The molecule has 6 nitrogen and oxygen atoms in total. The van der Waals surface area contributed by atoms with Gasteiger partial charge in [-0.25, -0.2) is 0 Å². The highest BCUT2D eigenvalue weighted by Crippen LogP contribution is 2.23. The van der Waals surface area contributed by atoms with Crippen LogP contribution in [0.5, 0.6) is 0 Å². The molecule has 18 heavy (non-hydrogen) atoms. The Hall–Kier alpha value is -1.21. The first kappa shape index (κ1) is 13.2. The molecule has 8 heteroatoms. The van der Waals surface area contributed by atoms with Gasteiger partial charge in [0, 0.05) is 20.6 Å². The summed E-state index contributed by atoms with van der Waals surface area (Å²) in [5, 5.41) is 7.56. The number of carbonyl (C=O) groups is 2. The second-order valence-electron chi connectivity index (χ2n) is 4.25. The highest BCUT2D eigenvalue weighted by molar-refractivity contribution is 7.17. The van der Waals surface area contributed by atoms with Crippen LogP contribution in [0.2, 0.25) is 4.47 Å². The Morgan fingerprint density at radius 2 is 2.17 bits per heavy atom. The summed E-state index contributed by atoms with van der Waals surface area (Å²) < 4.78 is 0.230. The van der Waals surface area contributed by atoms with Crippen molar-refractivity contribution in [2.24, 2.45) is 0 Å². The number of likely N-dealkylation sites (tertiary alicyclic amines) is 1. The van der Waals surface area contributed by atoms with Crippen molar-refractivity contribution in [3.8, 4) is 0 Å². The molecule has 0 radical (unpaired) electrons.